The Kier molecular flexibility index (Phi) is 9.49. The average Bonchev–Trinajstić information content (AvgIpc) is 3.32. The number of hydrogen-bond acceptors (Lipinski definition) is 11. The maximum atomic E-state index is 13.9. The summed E-state index contributed by atoms with van der Waals surface area (Å²) < 4.78 is 32.8. The molecule has 0 amide bonds. The molecule has 42 heavy (non-hydrogen) atoms. The lowest BCUT2D eigenvalue weighted by Crippen LogP contribution is -2.59. The third-order valence-corrected chi connectivity index (χ3v) is 9.66. The van der Waals surface area contributed by atoms with Crippen LogP contribution in [0, 0.1) is 22.7 Å². The molecular formula is C31H42O11. The Bertz CT molecular complexity index is 1170. The third-order valence-electron chi connectivity index (χ3n) is 9.66. The van der Waals surface area contributed by atoms with Crippen LogP contribution in [0.3, 0.4) is 0 Å². The van der Waals surface area contributed by atoms with E-state index < -0.39 is 53.9 Å². The van der Waals surface area contributed by atoms with E-state index in [4.69, 9.17) is 28.4 Å². The van der Waals surface area contributed by atoms with Crippen molar-refractivity contribution >= 4 is 29.8 Å². The fraction of sp³-hybridized carbons (Fsp3) is 0.710. The zero-order valence-electron chi connectivity index (χ0n) is 25.3. The molecule has 0 N–H and O–H groups in total. The highest BCUT2D eigenvalue weighted by atomic mass is 16.7. The Balaban J connectivity index is 1.55. The summed E-state index contributed by atoms with van der Waals surface area (Å²) in [6.07, 6.45) is 3.42. The van der Waals surface area contributed by atoms with Gasteiger partial charge in [-0.2, -0.15) is 0 Å². The first-order valence-corrected chi connectivity index (χ1v) is 14.7. The van der Waals surface area contributed by atoms with Crippen LogP contribution < -0.4 is 0 Å². The highest BCUT2D eigenvalue weighted by Gasteiger charge is 2.56. The molecule has 0 bridgehead atoms. The fourth-order valence-electron chi connectivity index (χ4n) is 7.39. The number of esters is 5. The molecule has 232 valence electrons. The SMILES string of the molecule is CC(=O)O[C@@H]1[C@@H](OC(C)=O)[C@H](OC(=O)C2=CCC[C@H]3[C@](C)(CCC4=CC(=O)OC4)[C@@H](C)CC[C@@]23C)OC[C@@H]1OC(C)=O. The molecule has 0 spiro atoms. The molecule has 0 aromatic heterocycles. The second-order valence-corrected chi connectivity index (χ2v) is 12.4. The maximum Gasteiger partial charge on any atom is 0.336 e. The van der Waals surface area contributed by atoms with Crippen molar-refractivity contribution in [2.24, 2.45) is 22.7 Å². The van der Waals surface area contributed by atoms with Gasteiger partial charge in [-0.05, 0) is 61.3 Å². The summed E-state index contributed by atoms with van der Waals surface area (Å²) in [5.74, 6) is -2.34. The minimum absolute atomic E-state index is 0.0987. The molecule has 2 heterocycles. The second-order valence-electron chi connectivity index (χ2n) is 12.4. The molecule has 1 saturated heterocycles. The summed E-state index contributed by atoms with van der Waals surface area (Å²) in [5, 5.41) is 0. The van der Waals surface area contributed by atoms with Crippen LogP contribution in [0.25, 0.3) is 0 Å². The average molecular weight is 591 g/mol. The molecule has 4 aliphatic rings. The third kappa shape index (κ3) is 6.55. The molecular weight excluding hydrogens is 548 g/mol. The normalized spacial score (nSPS) is 36.0. The Morgan fingerprint density at radius 3 is 2.24 bits per heavy atom. The molecule has 2 aliphatic heterocycles. The largest absolute Gasteiger partial charge is 0.458 e. The van der Waals surface area contributed by atoms with Crippen LogP contribution in [-0.4, -0.2) is 67.7 Å². The first-order valence-electron chi connectivity index (χ1n) is 14.7. The number of rotatable bonds is 8. The summed E-state index contributed by atoms with van der Waals surface area (Å²) in [4.78, 5) is 61.1. The lowest BCUT2D eigenvalue weighted by atomic mass is 9.46. The van der Waals surface area contributed by atoms with Crippen LogP contribution in [-0.2, 0) is 52.4 Å². The van der Waals surface area contributed by atoms with E-state index in [9.17, 15) is 24.0 Å². The van der Waals surface area contributed by atoms with Gasteiger partial charge < -0.3 is 28.4 Å². The lowest BCUT2D eigenvalue weighted by Gasteiger charge is -2.58. The van der Waals surface area contributed by atoms with Gasteiger partial charge in [0.15, 0.2) is 12.2 Å². The number of carbonyl (C=O) groups is 5. The van der Waals surface area contributed by atoms with Gasteiger partial charge in [0.25, 0.3) is 0 Å². The van der Waals surface area contributed by atoms with Crippen molar-refractivity contribution in [1.82, 2.24) is 0 Å². The Morgan fingerprint density at radius 2 is 1.62 bits per heavy atom. The first-order chi connectivity index (χ1) is 19.7. The topological polar surface area (TPSA) is 141 Å². The molecule has 0 unspecified atom stereocenters. The van der Waals surface area contributed by atoms with E-state index in [2.05, 4.69) is 20.8 Å². The number of cyclic esters (lactones) is 1. The van der Waals surface area contributed by atoms with Gasteiger partial charge in [-0.25, -0.2) is 9.59 Å². The van der Waals surface area contributed by atoms with E-state index in [1.54, 1.807) is 6.08 Å². The van der Waals surface area contributed by atoms with Crippen LogP contribution in [0.4, 0.5) is 0 Å². The van der Waals surface area contributed by atoms with Gasteiger partial charge in [-0.15, -0.1) is 0 Å². The quantitative estimate of drug-likeness (QED) is 0.302. The standard InChI is InChI=1S/C31H42O11/c1-17-10-12-31(6)22(8-7-9-24(31)30(17,5)13-11-21-14-25(35)37-15-21)28(36)42-29-27(41-20(4)34)26(40-19(3)33)23(16-38-29)39-18(2)32/h8,14,17,23-24,26-27,29H,7,9-13,15-16H2,1-6H3/t17-,23-,24-,26-,27+,29-,30+,31-/m0/s1. The van der Waals surface area contributed by atoms with Crippen molar-refractivity contribution in [2.45, 2.75) is 105 Å². The molecule has 1 saturated carbocycles. The van der Waals surface area contributed by atoms with Gasteiger partial charge in [-0.1, -0.05) is 26.8 Å². The number of allylic oxidation sites excluding steroid dienone is 1. The summed E-state index contributed by atoms with van der Waals surface area (Å²) >= 11 is 0. The zero-order valence-corrected chi connectivity index (χ0v) is 25.3. The van der Waals surface area contributed by atoms with Crippen molar-refractivity contribution < 1.29 is 52.4 Å². The Hall–Kier alpha value is -3.21. The van der Waals surface area contributed by atoms with Gasteiger partial charge in [0, 0.05) is 37.8 Å². The van der Waals surface area contributed by atoms with Crippen molar-refractivity contribution in [1.29, 1.82) is 0 Å². The smallest absolute Gasteiger partial charge is 0.336 e. The summed E-state index contributed by atoms with van der Waals surface area (Å²) in [6.45, 7) is 10.3. The predicted octanol–water partition coefficient (Wildman–Crippen LogP) is 3.72. The van der Waals surface area contributed by atoms with Crippen LogP contribution in [0.5, 0.6) is 0 Å². The first kappa shape index (κ1) is 31.7. The molecule has 11 nitrogen and oxygen atoms in total. The number of fused-ring (bicyclic) bond motifs is 1. The zero-order chi connectivity index (χ0) is 30.8. The van der Waals surface area contributed by atoms with Crippen molar-refractivity contribution in [3.05, 3.63) is 23.3 Å². The van der Waals surface area contributed by atoms with E-state index >= 15 is 0 Å². The minimum Gasteiger partial charge on any atom is -0.458 e. The van der Waals surface area contributed by atoms with Crippen LogP contribution in [0.2, 0.25) is 0 Å². The van der Waals surface area contributed by atoms with Gasteiger partial charge in [0.2, 0.25) is 12.4 Å². The van der Waals surface area contributed by atoms with E-state index in [0.29, 0.717) is 24.5 Å². The molecule has 11 heteroatoms. The molecule has 8 atom stereocenters. The minimum atomic E-state index is -1.39. The number of hydrogen-bond donors (Lipinski definition) is 0. The van der Waals surface area contributed by atoms with Gasteiger partial charge in [-0.3, -0.25) is 14.4 Å². The van der Waals surface area contributed by atoms with E-state index in [1.165, 1.54) is 20.8 Å². The molecule has 2 fully saturated rings. The molecule has 0 aromatic carbocycles. The molecule has 4 rings (SSSR count). The van der Waals surface area contributed by atoms with Crippen molar-refractivity contribution in [3.63, 3.8) is 0 Å². The van der Waals surface area contributed by atoms with Crippen molar-refractivity contribution in [3.8, 4) is 0 Å². The van der Waals surface area contributed by atoms with Crippen LogP contribution in [0.1, 0.15) is 80.1 Å². The van der Waals surface area contributed by atoms with Crippen molar-refractivity contribution in [2.75, 3.05) is 13.2 Å². The van der Waals surface area contributed by atoms with Crippen LogP contribution >= 0.6 is 0 Å². The number of carbonyl (C=O) groups excluding carboxylic acids is 5. The van der Waals surface area contributed by atoms with E-state index in [1.807, 2.05) is 6.08 Å². The molecule has 0 radical (unpaired) electrons. The second kappa shape index (κ2) is 12.6. The van der Waals surface area contributed by atoms with E-state index in [0.717, 1.165) is 37.7 Å². The molecule has 2 aliphatic carbocycles. The van der Waals surface area contributed by atoms with Gasteiger partial charge in [0.1, 0.15) is 6.61 Å². The lowest BCUT2D eigenvalue weighted by molar-refractivity contribution is -0.273. The van der Waals surface area contributed by atoms with Gasteiger partial charge >= 0.3 is 29.8 Å². The summed E-state index contributed by atoms with van der Waals surface area (Å²) in [7, 11) is 0. The monoisotopic (exact) mass is 590 g/mol. The fourth-order valence-corrected chi connectivity index (χ4v) is 7.39. The molecule has 0 aromatic rings. The highest BCUT2D eigenvalue weighted by Crippen LogP contribution is 2.62. The Labute approximate surface area is 246 Å². The van der Waals surface area contributed by atoms with Gasteiger partial charge in [0.05, 0.1) is 6.61 Å². The summed E-state index contributed by atoms with van der Waals surface area (Å²) in [5.41, 5.74) is 0.964. The Morgan fingerprint density at radius 1 is 0.952 bits per heavy atom. The summed E-state index contributed by atoms with van der Waals surface area (Å²) in [6, 6.07) is 0. The highest BCUT2D eigenvalue weighted by molar-refractivity contribution is 5.90. The maximum absolute atomic E-state index is 13.9. The van der Waals surface area contributed by atoms with E-state index in [-0.39, 0.29) is 23.9 Å². The number of ether oxygens (including phenoxy) is 6. The van der Waals surface area contributed by atoms with Crippen LogP contribution in [0.15, 0.2) is 23.3 Å². The predicted molar refractivity (Wildman–Crippen MR) is 146 cm³/mol.